The van der Waals surface area contributed by atoms with Gasteiger partial charge in [0.2, 0.25) is 10.0 Å². The molecule has 1 fully saturated rings. The Balaban J connectivity index is 2.53. The standard InChI is InChI=1S/C12H26N2O2S/c1-9(2)12(10(3)4)8-14-17(15,16)11-5-6-13-7-11/h9-14H,5-8H2,1-4H3. The zero-order chi connectivity index (χ0) is 13.1. The molecule has 1 atom stereocenters. The van der Waals surface area contributed by atoms with E-state index in [1.165, 1.54) is 0 Å². The van der Waals surface area contributed by atoms with Gasteiger partial charge in [0.1, 0.15) is 0 Å². The van der Waals surface area contributed by atoms with Crippen LogP contribution in [0.25, 0.3) is 0 Å². The number of hydrogen-bond donors (Lipinski definition) is 2. The summed E-state index contributed by atoms with van der Waals surface area (Å²) in [5, 5.41) is 2.84. The highest BCUT2D eigenvalue weighted by Crippen LogP contribution is 2.20. The smallest absolute Gasteiger partial charge is 0.215 e. The van der Waals surface area contributed by atoms with Gasteiger partial charge in [-0.25, -0.2) is 13.1 Å². The molecule has 4 nitrogen and oxygen atoms in total. The molecule has 0 aromatic heterocycles. The highest BCUT2D eigenvalue weighted by atomic mass is 32.2. The van der Waals surface area contributed by atoms with Crippen LogP contribution in [0.1, 0.15) is 34.1 Å². The molecule has 1 saturated heterocycles. The molecule has 0 bridgehead atoms. The fraction of sp³-hybridized carbons (Fsp3) is 1.00. The maximum atomic E-state index is 12.0. The minimum atomic E-state index is -3.13. The van der Waals surface area contributed by atoms with E-state index in [9.17, 15) is 8.42 Å². The van der Waals surface area contributed by atoms with Gasteiger partial charge in [-0.3, -0.25) is 0 Å². The Morgan fingerprint density at radius 2 is 1.82 bits per heavy atom. The van der Waals surface area contributed by atoms with Crippen LogP contribution in [-0.2, 0) is 10.0 Å². The molecule has 0 aromatic carbocycles. The average molecular weight is 262 g/mol. The summed E-state index contributed by atoms with van der Waals surface area (Å²) in [7, 11) is -3.13. The first-order chi connectivity index (χ1) is 7.84. The molecule has 2 N–H and O–H groups in total. The summed E-state index contributed by atoms with van der Waals surface area (Å²) in [5.74, 6) is 1.40. The van der Waals surface area contributed by atoms with E-state index < -0.39 is 10.0 Å². The van der Waals surface area contributed by atoms with Crippen molar-refractivity contribution in [2.45, 2.75) is 39.4 Å². The molecule has 0 amide bonds. The second kappa shape index (κ2) is 6.16. The summed E-state index contributed by atoms with van der Waals surface area (Å²) < 4.78 is 26.9. The van der Waals surface area contributed by atoms with E-state index in [2.05, 4.69) is 37.7 Å². The van der Waals surface area contributed by atoms with Crippen LogP contribution in [0.2, 0.25) is 0 Å². The van der Waals surface area contributed by atoms with E-state index >= 15 is 0 Å². The third-order valence-electron chi connectivity index (χ3n) is 3.69. The lowest BCUT2D eigenvalue weighted by molar-refractivity contribution is 0.289. The summed E-state index contributed by atoms with van der Waals surface area (Å²) in [5.41, 5.74) is 0. The van der Waals surface area contributed by atoms with Crippen molar-refractivity contribution in [1.29, 1.82) is 0 Å². The van der Waals surface area contributed by atoms with E-state index in [-0.39, 0.29) is 5.25 Å². The monoisotopic (exact) mass is 262 g/mol. The third-order valence-corrected chi connectivity index (χ3v) is 5.54. The third kappa shape index (κ3) is 4.23. The molecule has 1 unspecified atom stereocenters. The molecule has 1 aliphatic heterocycles. The van der Waals surface area contributed by atoms with Crippen molar-refractivity contribution in [1.82, 2.24) is 10.0 Å². The number of rotatable bonds is 6. The first-order valence-electron chi connectivity index (χ1n) is 6.53. The van der Waals surface area contributed by atoms with E-state index in [1.54, 1.807) is 0 Å². The Hall–Kier alpha value is -0.130. The normalized spacial score (nSPS) is 21.9. The molecular formula is C12H26N2O2S. The van der Waals surface area contributed by atoms with Crippen LogP contribution in [0.3, 0.4) is 0 Å². The molecule has 0 saturated carbocycles. The zero-order valence-corrected chi connectivity index (χ0v) is 12.2. The topological polar surface area (TPSA) is 58.2 Å². The first-order valence-corrected chi connectivity index (χ1v) is 8.08. The van der Waals surface area contributed by atoms with Crippen LogP contribution in [0.15, 0.2) is 0 Å². The predicted molar refractivity (Wildman–Crippen MR) is 71.4 cm³/mol. The van der Waals surface area contributed by atoms with Crippen molar-refractivity contribution in [3.05, 3.63) is 0 Å². The van der Waals surface area contributed by atoms with Gasteiger partial charge < -0.3 is 5.32 Å². The summed E-state index contributed by atoms with van der Waals surface area (Å²) in [6, 6.07) is 0. The Bertz CT molecular complexity index is 311. The van der Waals surface area contributed by atoms with Gasteiger partial charge in [-0.15, -0.1) is 0 Å². The maximum absolute atomic E-state index is 12.0. The van der Waals surface area contributed by atoms with Crippen LogP contribution in [0.5, 0.6) is 0 Å². The minimum absolute atomic E-state index is 0.248. The molecule has 1 aliphatic rings. The fourth-order valence-corrected chi connectivity index (χ4v) is 3.89. The molecule has 102 valence electrons. The van der Waals surface area contributed by atoms with Crippen LogP contribution in [0, 0.1) is 17.8 Å². The van der Waals surface area contributed by atoms with E-state index in [0.29, 0.717) is 30.8 Å². The maximum Gasteiger partial charge on any atom is 0.215 e. The predicted octanol–water partition coefficient (Wildman–Crippen LogP) is 1.20. The van der Waals surface area contributed by atoms with Gasteiger partial charge in [-0.1, -0.05) is 27.7 Å². The lowest BCUT2D eigenvalue weighted by Crippen LogP contribution is -2.40. The van der Waals surface area contributed by atoms with Crippen LogP contribution < -0.4 is 10.0 Å². The SMILES string of the molecule is CC(C)C(CNS(=O)(=O)C1CCNC1)C(C)C. The van der Waals surface area contributed by atoms with Gasteiger partial charge in [-0.2, -0.15) is 0 Å². The number of sulfonamides is 1. The van der Waals surface area contributed by atoms with Crippen molar-refractivity contribution in [2.24, 2.45) is 17.8 Å². The van der Waals surface area contributed by atoms with Gasteiger partial charge >= 0.3 is 0 Å². The van der Waals surface area contributed by atoms with Crippen molar-refractivity contribution < 1.29 is 8.42 Å². The van der Waals surface area contributed by atoms with Gasteiger partial charge in [-0.05, 0) is 30.7 Å². The molecule has 1 heterocycles. The minimum Gasteiger partial charge on any atom is -0.315 e. The molecule has 0 aliphatic carbocycles. The van der Waals surface area contributed by atoms with Gasteiger partial charge in [0, 0.05) is 13.1 Å². The lowest BCUT2D eigenvalue weighted by Gasteiger charge is -2.25. The summed E-state index contributed by atoms with van der Waals surface area (Å²) in [6.07, 6.45) is 0.726. The van der Waals surface area contributed by atoms with Crippen molar-refractivity contribution in [3.63, 3.8) is 0 Å². The van der Waals surface area contributed by atoms with Gasteiger partial charge in [0.25, 0.3) is 0 Å². The fourth-order valence-electron chi connectivity index (χ4n) is 2.46. The molecule has 17 heavy (non-hydrogen) atoms. The highest BCUT2D eigenvalue weighted by molar-refractivity contribution is 7.90. The van der Waals surface area contributed by atoms with E-state index in [4.69, 9.17) is 0 Å². The molecule has 0 aromatic rings. The molecule has 0 radical (unpaired) electrons. The van der Waals surface area contributed by atoms with Crippen molar-refractivity contribution >= 4 is 10.0 Å². The molecular weight excluding hydrogens is 236 g/mol. The Kier molecular flexibility index (Phi) is 5.41. The Morgan fingerprint density at radius 3 is 2.24 bits per heavy atom. The second-order valence-corrected chi connectivity index (χ2v) is 7.71. The average Bonchev–Trinajstić information content (AvgIpc) is 2.69. The summed E-state index contributed by atoms with van der Waals surface area (Å²) in [6.45, 7) is 10.6. The summed E-state index contributed by atoms with van der Waals surface area (Å²) >= 11 is 0. The van der Waals surface area contributed by atoms with Crippen molar-refractivity contribution in [3.8, 4) is 0 Å². The zero-order valence-electron chi connectivity index (χ0n) is 11.4. The molecule has 5 heteroatoms. The second-order valence-electron chi connectivity index (χ2n) is 5.66. The van der Waals surface area contributed by atoms with Gasteiger partial charge in [0.05, 0.1) is 5.25 Å². The van der Waals surface area contributed by atoms with Crippen molar-refractivity contribution in [2.75, 3.05) is 19.6 Å². The van der Waals surface area contributed by atoms with Crippen LogP contribution >= 0.6 is 0 Å². The first kappa shape index (κ1) is 14.9. The van der Waals surface area contributed by atoms with E-state index in [1.807, 2.05) is 0 Å². The quantitative estimate of drug-likeness (QED) is 0.756. The summed E-state index contributed by atoms with van der Waals surface area (Å²) in [4.78, 5) is 0. The number of hydrogen-bond acceptors (Lipinski definition) is 3. The largest absolute Gasteiger partial charge is 0.315 e. The molecule has 1 rings (SSSR count). The lowest BCUT2D eigenvalue weighted by atomic mass is 9.86. The Morgan fingerprint density at radius 1 is 1.24 bits per heavy atom. The highest BCUT2D eigenvalue weighted by Gasteiger charge is 2.29. The Labute approximate surface area is 106 Å². The van der Waals surface area contributed by atoms with Crippen LogP contribution in [0.4, 0.5) is 0 Å². The molecule has 0 spiro atoms. The van der Waals surface area contributed by atoms with Crippen LogP contribution in [-0.4, -0.2) is 33.3 Å². The van der Waals surface area contributed by atoms with E-state index in [0.717, 1.165) is 13.0 Å². The number of nitrogens with one attached hydrogen (secondary N) is 2. The van der Waals surface area contributed by atoms with Gasteiger partial charge in [0.15, 0.2) is 0 Å².